The van der Waals surface area contributed by atoms with Gasteiger partial charge in [-0.2, -0.15) is 0 Å². The first-order valence-electron chi connectivity index (χ1n) is 7.13. The van der Waals surface area contributed by atoms with E-state index < -0.39 is 11.4 Å². The van der Waals surface area contributed by atoms with E-state index in [0.29, 0.717) is 0 Å². The number of aryl methyl sites for hydroxylation is 1. The lowest BCUT2D eigenvalue weighted by Gasteiger charge is -2.21. The number of aromatic nitrogens is 1. The highest BCUT2D eigenvalue weighted by atomic mass is 16.5. The van der Waals surface area contributed by atoms with E-state index in [9.17, 15) is 9.59 Å². The highest BCUT2D eigenvalue weighted by Crippen LogP contribution is 2.24. The number of esters is 1. The fourth-order valence-corrected chi connectivity index (χ4v) is 2.34. The summed E-state index contributed by atoms with van der Waals surface area (Å²) >= 11 is 0. The number of hydrogen-bond donors (Lipinski definition) is 0. The van der Waals surface area contributed by atoms with Gasteiger partial charge in [0.25, 0.3) is 0 Å². The molecule has 2 aromatic rings. The van der Waals surface area contributed by atoms with Crippen LogP contribution in [-0.4, -0.2) is 22.9 Å². The van der Waals surface area contributed by atoms with E-state index in [1.807, 2.05) is 42.0 Å². The Bertz CT molecular complexity index is 682. The number of benzene rings is 1. The van der Waals surface area contributed by atoms with Gasteiger partial charge in [0.05, 0.1) is 13.2 Å². The van der Waals surface area contributed by atoms with E-state index in [2.05, 4.69) is 0 Å². The number of Topliss-reactive ketones (excluding diaryl/α,β-unsaturated/α-hetero) is 1. The average Bonchev–Trinajstić information content (AvgIpc) is 2.76. The summed E-state index contributed by atoms with van der Waals surface area (Å²) in [5.74, 6) is -0.620. The second kappa shape index (κ2) is 5.72. The summed E-state index contributed by atoms with van der Waals surface area (Å²) in [7, 11) is 0. The summed E-state index contributed by atoms with van der Waals surface area (Å²) in [6.07, 6.45) is 1.95. The molecule has 0 radical (unpaired) electrons. The number of nitrogens with zero attached hydrogens (tertiary/aromatic N) is 1. The summed E-state index contributed by atoms with van der Waals surface area (Å²) in [6, 6.07) is 7.93. The van der Waals surface area contributed by atoms with E-state index in [1.54, 1.807) is 20.8 Å². The Balaban J connectivity index is 2.28. The fraction of sp³-hybridized carbons (Fsp3) is 0.412. The van der Waals surface area contributed by atoms with Crippen LogP contribution in [0, 0.1) is 12.3 Å². The van der Waals surface area contributed by atoms with Gasteiger partial charge < -0.3 is 9.30 Å². The Hall–Kier alpha value is -2.10. The molecule has 1 aromatic heterocycles. The minimum absolute atomic E-state index is 0.151. The van der Waals surface area contributed by atoms with Crippen molar-refractivity contribution in [3.8, 4) is 0 Å². The molecule has 0 amide bonds. The molecule has 4 nitrogen and oxygen atoms in total. The average molecular weight is 287 g/mol. The number of carbonyl (C=O) groups excluding carboxylic acids is 2. The van der Waals surface area contributed by atoms with Crippen molar-refractivity contribution in [2.24, 2.45) is 5.41 Å². The molecule has 1 aromatic carbocycles. The molecule has 0 atom stereocenters. The molecule has 0 fully saturated rings. The lowest BCUT2D eigenvalue weighted by atomic mass is 9.88. The molecular weight excluding hydrogens is 266 g/mol. The zero-order valence-corrected chi connectivity index (χ0v) is 13.0. The van der Waals surface area contributed by atoms with Crippen LogP contribution in [0.3, 0.4) is 0 Å². The smallest absolute Gasteiger partial charge is 0.319 e. The van der Waals surface area contributed by atoms with E-state index in [-0.39, 0.29) is 18.9 Å². The molecule has 0 aliphatic carbocycles. The predicted molar refractivity (Wildman–Crippen MR) is 82.1 cm³/mol. The lowest BCUT2D eigenvalue weighted by molar-refractivity contribution is -0.158. The van der Waals surface area contributed by atoms with E-state index in [1.165, 1.54) is 0 Å². The van der Waals surface area contributed by atoms with Crippen LogP contribution < -0.4 is 0 Å². The van der Waals surface area contributed by atoms with Gasteiger partial charge in [-0.3, -0.25) is 9.59 Å². The molecule has 21 heavy (non-hydrogen) atoms. The van der Waals surface area contributed by atoms with Crippen LogP contribution >= 0.6 is 0 Å². The van der Waals surface area contributed by atoms with Crippen molar-refractivity contribution < 1.29 is 14.3 Å². The van der Waals surface area contributed by atoms with Gasteiger partial charge in [0.1, 0.15) is 5.41 Å². The molecule has 4 heteroatoms. The van der Waals surface area contributed by atoms with Gasteiger partial charge >= 0.3 is 5.97 Å². The second-order valence-corrected chi connectivity index (χ2v) is 5.73. The lowest BCUT2D eigenvalue weighted by Crippen LogP contribution is -2.37. The van der Waals surface area contributed by atoms with Gasteiger partial charge in [0.15, 0.2) is 5.78 Å². The largest absolute Gasteiger partial charge is 0.465 e. The molecule has 0 aliphatic rings. The van der Waals surface area contributed by atoms with Crippen molar-refractivity contribution in [1.29, 1.82) is 0 Å². The predicted octanol–water partition coefficient (Wildman–Crippen LogP) is 3.11. The zero-order chi connectivity index (χ0) is 15.6. The number of fused-ring (bicyclic) bond motifs is 1. The Morgan fingerprint density at radius 3 is 2.57 bits per heavy atom. The van der Waals surface area contributed by atoms with Gasteiger partial charge in [0.2, 0.25) is 0 Å². The molecule has 0 saturated carbocycles. The van der Waals surface area contributed by atoms with Crippen LogP contribution in [0.2, 0.25) is 0 Å². The number of hydrogen-bond acceptors (Lipinski definition) is 3. The maximum absolute atomic E-state index is 12.5. The number of carbonyl (C=O) groups is 2. The minimum Gasteiger partial charge on any atom is -0.465 e. The maximum atomic E-state index is 12.5. The quantitative estimate of drug-likeness (QED) is 0.627. The van der Waals surface area contributed by atoms with Crippen molar-refractivity contribution in [1.82, 2.24) is 4.57 Å². The SMILES string of the molecule is CCOC(=O)C(C)(C)C(=O)Cn1cc(C)c2ccccc21. The number of ketones is 1. The molecule has 0 N–H and O–H groups in total. The first-order chi connectivity index (χ1) is 9.87. The van der Waals surface area contributed by atoms with Gasteiger partial charge in [-0.05, 0) is 39.3 Å². The Kier molecular flexibility index (Phi) is 4.16. The van der Waals surface area contributed by atoms with E-state index >= 15 is 0 Å². The van der Waals surface area contributed by atoms with Gasteiger partial charge in [-0.15, -0.1) is 0 Å². The van der Waals surface area contributed by atoms with Crippen molar-refractivity contribution in [2.75, 3.05) is 6.61 Å². The van der Waals surface area contributed by atoms with Crippen LogP contribution in [0.5, 0.6) is 0 Å². The number of rotatable bonds is 5. The fourth-order valence-electron chi connectivity index (χ4n) is 2.34. The second-order valence-electron chi connectivity index (χ2n) is 5.73. The first-order valence-corrected chi connectivity index (χ1v) is 7.13. The summed E-state index contributed by atoms with van der Waals surface area (Å²) < 4.78 is 6.89. The summed E-state index contributed by atoms with van der Waals surface area (Å²) in [5, 5.41) is 1.12. The molecule has 0 spiro atoms. The summed E-state index contributed by atoms with van der Waals surface area (Å²) in [5.41, 5.74) is 0.991. The molecule has 0 aliphatic heterocycles. The van der Waals surface area contributed by atoms with E-state index in [4.69, 9.17) is 4.74 Å². The van der Waals surface area contributed by atoms with Crippen LogP contribution in [-0.2, 0) is 20.9 Å². The monoisotopic (exact) mass is 287 g/mol. The van der Waals surface area contributed by atoms with Crippen LogP contribution in [0.25, 0.3) is 10.9 Å². The molecule has 0 unspecified atom stereocenters. The topological polar surface area (TPSA) is 48.3 Å². The van der Waals surface area contributed by atoms with E-state index in [0.717, 1.165) is 16.5 Å². The molecular formula is C17H21NO3. The number of ether oxygens (including phenoxy) is 1. The molecule has 0 bridgehead atoms. The Morgan fingerprint density at radius 1 is 1.24 bits per heavy atom. The molecule has 0 saturated heterocycles. The van der Waals surface area contributed by atoms with Crippen molar-refractivity contribution >= 4 is 22.7 Å². The third-order valence-electron chi connectivity index (χ3n) is 3.78. The third kappa shape index (κ3) is 2.84. The summed E-state index contributed by atoms with van der Waals surface area (Å²) in [4.78, 5) is 24.4. The van der Waals surface area contributed by atoms with Crippen LogP contribution in [0.15, 0.2) is 30.5 Å². The van der Waals surface area contributed by atoms with Crippen LogP contribution in [0.4, 0.5) is 0 Å². The molecule has 2 rings (SSSR count). The maximum Gasteiger partial charge on any atom is 0.319 e. The van der Waals surface area contributed by atoms with Crippen molar-refractivity contribution in [2.45, 2.75) is 34.2 Å². The standard InChI is InChI=1S/C17H21NO3/c1-5-21-16(20)17(3,4)15(19)11-18-10-12(2)13-8-6-7-9-14(13)18/h6-10H,5,11H2,1-4H3. The highest BCUT2D eigenvalue weighted by Gasteiger charge is 2.37. The normalized spacial score (nSPS) is 11.6. The zero-order valence-electron chi connectivity index (χ0n) is 13.0. The molecule has 112 valence electrons. The minimum atomic E-state index is -1.13. The van der Waals surface area contributed by atoms with Crippen LogP contribution in [0.1, 0.15) is 26.3 Å². The van der Waals surface area contributed by atoms with Gasteiger partial charge in [-0.25, -0.2) is 0 Å². The van der Waals surface area contributed by atoms with Crippen molar-refractivity contribution in [3.63, 3.8) is 0 Å². The third-order valence-corrected chi connectivity index (χ3v) is 3.78. The Labute approximate surface area is 124 Å². The first kappa shape index (κ1) is 15.3. The van der Waals surface area contributed by atoms with Gasteiger partial charge in [-0.1, -0.05) is 18.2 Å². The van der Waals surface area contributed by atoms with Crippen molar-refractivity contribution in [3.05, 3.63) is 36.0 Å². The number of para-hydroxylation sites is 1. The highest BCUT2D eigenvalue weighted by molar-refractivity contribution is 6.03. The molecule has 1 heterocycles. The van der Waals surface area contributed by atoms with Gasteiger partial charge in [0, 0.05) is 17.1 Å². The summed E-state index contributed by atoms with van der Waals surface area (Å²) in [6.45, 7) is 7.43. The Morgan fingerprint density at radius 2 is 1.90 bits per heavy atom.